The minimum Gasteiger partial charge on any atom is -0.481 e. The van der Waals surface area contributed by atoms with Gasteiger partial charge in [0.05, 0.1) is 13.0 Å². The molecule has 0 aromatic heterocycles. The van der Waals surface area contributed by atoms with E-state index in [0.717, 1.165) is 25.0 Å². The summed E-state index contributed by atoms with van der Waals surface area (Å²) >= 11 is 0. The van der Waals surface area contributed by atoms with Gasteiger partial charge in [0.1, 0.15) is 0 Å². The molecule has 0 bridgehead atoms. The first-order chi connectivity index (χ1) is 18.5. The van der Waals surface area contributed by atoms with Gasteiger partial charge < -0.3 is 15.2 Å². The quantitative estimate of drug-likeness (QED) is 0.252. The number of amides is 1. The Labute approximate surface area is 233 Å². The third-order valence-corrected chi connectivity index (χ3v) is 6.73. The Balaban J connectivity index is 1.65. The molecule has 39 heavy (non-hydrogen) atoms. The van der Waals surface area contributed by atoms with E-state index in [1.807, 2.05) is 12.1 Å². The molecule has 208 valence electrons. The monoisotopic (exact) mass is 529 g/mol. The van der Waals surface area contributed by atoms with E-state index in [4.69, 9.17) is 9.84 Å². The fraction of sp³-hybridized carbons (Fsp3) is 0.412. The van der Waals surface area contributed by atoms with Crippen LogP contribution in [0.2, 0.25) is 0 Å². The van der Waals surface area contributed by atoms with Crippen LogP contribution < -0.4 is 5.32 Å². The highest BCUT2D eigenvalue weighted by atomic mass is 16.5. The number of hydrogen-bond donors (Lipinski definition) is 2. The Hall–Kier alpha value is -3.44. The van der Waals surface area contributed by atoms with Crippen molar-refractivity contribution in [3.8, 4) is 11.1 Å². The maximum Gasteiger partial charge on any atom is 0.305 e. The van der Waals surface area contributed by atoms with Crippen LogP contribution in [0.15, 0.2) is 72.8 Å². The van der Waals surface area contributed by atoms with Gasteiger partial charge in [-0.1, -0.05) is 95.3 Å². The first-order valence-electron chi connectivity index (χ1n) is 13.9. The number of carboxylic acid groups (broad SMARTS) is 1. The van der Waals surface area contributed by atoms with Crippen molar-refractivity contribution in [2.45, 2.75) is 59.3 Å². The van der Waals surface area contributed by atoms with Gasteiger partial charge in [-0.2, -0.15) is 0 Å². The molecule has 0 aliphatic heterocycles. The second-order valence-corrected chi connectivity index (χ2v) is 11.8. The van der Waals surface area contributed by atoms with Crippen LogP contribution in [0.4, 0.5) is 0 Å². The van der Waals surface area contributed by atoms with Crippen LogP contribution in [0.3, 0.4) is 0 Å². The standard InChI is InChI=1S/C34H43NO4/c1-24(2)22-39-23-27(21-26-8-12-30(13-9-26)33(38)35-19-18-32(36)37)20-25-6-10-28(11-7-25)29-14-16-31(17-15-29)34(3,4)5/h6-17,24,27H,18-23H2,1-5H3,(H,35,38)(H,36,37)/t27-/m0/s1. The normalized spacial score (nSPS) is 12.4. The summed E-state index contributed by atoms with van der Waals surface area (Å²) in [6, 6.07) is 25.2. The lowest BCUT2D eigenvalue weighted by atomic mass is 9.86. The van der Waals surface area contributed by atoms with Crippen molar-refractivity contribution in [1.29, 1.82) is 0 Å². The smallest absolute Gasteiger partial charge is 0.305 e. The van der Waals surface area contributed by atoms with Crippen molar-refractivity contribution < 1.29 is 19.4 Å². The number of benzene rings is 3. The maximum absolute atomic E-state index is 12.3. The van der Waals surface area contributed by atoms with Gasteiger partial charge in [-0.25, -0.2) is 0 Å². The summed E-state index contributed by atoms with van der Waals surface area (Å²) in [6.07, 6.45) is 1.65. The number of rotatable bonds is 13. The molecule has 2 N–H and O–H groups in total. The molecular weight excluding hydrogens is 486 g/mol. The number of aliphatic carboxylic acids is 1. The van der Waals surface area contributed by atoms with Gasteiger partial charge in [0.25, 0.3) is 5.91 Å². The zero-order chi connectivity index (χ0) is 28.4. The molecule has 0 fully saturated rings. The molecule has 5 nitrogen and oxygen atoms in total. The van der Waals surface area contributed by atoms with Gasteiger partial charge in [-0.3, -0.25) is 9.59 Å². The van der Waals surface area contributed by atoms with Crippen molar-refractivity contribution in [1.82, 2.24) is 5.32 Å². The molecule has 1 amide bonds. The van der Waals surface area contributed by atoms with E-state index in [1.165, 1.54) is 22.3 Å². The third-order valence-electron chi connectivity index (χ3n) is 6.73. The zero-order valence-electron chi connectivity index (χ0n) is 24.0. The van der Waals surface area contributed by atoms with Crippen LogP contribution in [-0.4, -0.2) is 36.7 Å². The summed E-state index contributed by atoms with van der Waals surface area (Å²) in [7, 11) is 0. The van der Waals surface area contributed by atoms with Gasteiger partial charge in [-0.15, -0.1) is 0 Å². The number of carbonyl (C=O) groups is 2. The van der Waals surface area contributed by atoms with Crippen molar-refractivity contribution in [3.05, 3.63) is 95.1 Å². The fourth-order valence-electron chi connectivity index (χ4n) is 4.50. The number of ether oxygens (including phenoxy) is 1. The minimum absolute atomic E-state index is 0.0909. The van der Waals surface area contributed by atoms with E-state index >= 15 is 0 Å². The van der Waals surface area contributed by atoms with Crippen LogP contribution in [0.25, 0.3) is 11.1 Å². The van der Waals surface area contributed by atoms with Crippen molar-refractivity contribution in [2.75, 3.05) is 19.8 Å². The van der Waals surface area contributed by atoms with Gasteiger partial charge >= 0.3 is 5.97 Å². The Bertz CT molecular complexity index is 1190. The largest absolute Gasteiger partial charge is 0.481 e. The summed E-state index contributed by atoms with van der Waals surface area (Å²) in [6.45, 7) is 12.5. The summed E-state index contributed by atoms with van der Waals surface area (Å²) in [5.74, 6) is -0.405. The highest BCUT2D eigenvalue weighted by Gasteiger charge is 2.15. The van der Waals surface area contributed by atoms with E-state index in [1.54, 1.807) is 12.1 Å². The Kier molecular flexibility index (Phi) is 10.9. The molecule has 0 saturated heterocycles. The van der Waals surface area contributed by atoms with Gasteiger partial charge in [0.2, 0.25) is 0 Å². The lowest BCUT2D eigenvalue weighted by Crippen LogP contribution is -2.26. The average molecular weight is 530 g/mol. The lowest BCUT2D eigenvalue weighted by Gasteiger charge is -2.20. The van der Waals surface area contributed by atoms with E-state index in [0.29, 0.717) is 24.0 Å². The molecule has 3 rings (SSSR count). The van der Waals surface area contributed by atoms with Crippen molar-refractivity contribution in [3.63, 3.8) is 0 Å². The van der Waals surface area contributed by atoms with E-state index in [-0.39, 0.29) is 24.3 Å². The van der Waals surface area contributed by atoms with Crippen LogP contribution in [0.5, 0.6) is 0 Å². The van der Waals surface area contributed by atoms with Crippen LogP contribution in [0, 0.1) is 11.8 Å². The molecule has 0 unspecified atom stereocenters. The summed E-state index contributed by atoms with van der Waals surface area (Å²) in [5.41, 5.74) is 6.86. The van der Waals surface area contributed by atoms with Crippen molar-refractivity contribution >= 4 is 11.9 Å². The number of carbonyl (C=O) groups excluding carboxylic acids is 1. The molecule has 0 heterocycles. The minimum atomic E-state index is -0.930. The molecule has 0 aliphatic rings. The molecule has 3 aromatic carbocycles. The number of carboxylic acids is 1. The van der Waals surface area contributed by atoms with E-state index in [9.17, 15) is 9.59 Å². The summed E-state index contributed by atoms with van der Waals surface area (Å²) in [4.78, 5) is 22.9. The topological polar surface area (TPSA) is 75.6 Å². The number of hydrogen-bond acceptors (Lipinski definition) is 3. The Morgan fingerprint density at radius 1 is 0.795 bits per heavy atom. The van der Waals surface area contributed by atoms with Crippen LogP contribution >= 0.6 is 0 Å². The first kappa shape index (κ1) is 30.1. The highest BCUT2D eigenvalue weighted by Crippen LogP contribution is 2.27. The second-order valence-electron chi connectivity index (χ2n) is 11.8. The van der Waals surface area contributed by atoms with Gasteiger partial charge in [0, 0.05) is 18.7 Å². The molecule has 1 atom stereocenters. The molecule has 0 saturated carbocycles. The third kappa shape index (κ3) is 9.99. The molecule has 5 heteroatoms. The zero-order valence-corrected chi connectivity index (χ0v) is 24.0. The molecular formula is C34H43NO4. The van der Waals surface area contributed by atoms with E-state index < -0.39 is 5.97 Å². The van der Waals surface area contributed by atoms with Gasteiger partial charge in [-0.05, 0) is 70.0 Å². The fourth-order valence-corrected chi connectivity index (χ4v) is 4.50. The molecule has 0 spiro atoms. The highest BCUT2D eigenvalue weighted by molar-refractivity contribution is 5.94. The van der Waals surface area contributed by atoms with E-state index in [2.05, 4.69) is 88.5 Å². The lowest BCUT2D eigenvalue weighted by molar-refractivity contribution is -0.136. The molecule has 0 radical (unpaired) electrons. The predicted molar refractivity (Wildman–Crippen MR) is 158 cm³/mol. The molecule has 3 aromatic rings. The summed E-state index contributed by atoms with van der Waals surface area (Å²) < 4.78 is 6.05. The first-order valence-corrected chi connectivity index (χ1v) is 13.9. The SMILES string of the molecule is CC(C)COC[C@H](Cc1ccc(C(=O)NCCC(=O)O)cc1)Cc1ccc(-c2ccc(C(C)(C)C)cc2)cc1. The Morgan fingerprint density at radius 3 is 1.79 bits per heavy atom. The maximum atomic E-state index is 12.3. The Morgan fingerprint density at radius 2 is 1.31 bits per heavy atom. The summed E-state index contributed by atoms with van der Waals surface area (Å²) in [5, 5.41) is 11.4. The predicted octanol–water partition coefficient (Wildman–Crippen LogP) is 6.93. The molecule has 0 aliphatic carbocycles. The van der Waals surface area contributed by atoms with Crippen molar-refractivity contribution in [2.24, 2.45) is 11.8 Å². The second kappa shape index (κ2) is 14.1. The van der Waals surface area contributed by atoms with Crippen LogP contribution in [0.1, 0.15) is 68.1 Å². The average Bonchev–Trinajstić information content (AvgIpc) is 2.88. The number of nitrogens with one attached hydrogen (secondary N) is 1. The van der Waals surface area contributed by atoms with Gasteiger partial charge in [0.15, 0.2) is 0 Å². The van der Waals surface area contributed by atoms with Crippen LogP contribution in [-0.2, 0) is 27.8 Å².